The molecule has 0 saturated heterocycles. The first-order valence-electron chi connectivity index (χ1n) is 6.65. The third-order valence-electron chi connectivity index (χ3n) is 2.55. The summed E-state index contributed by atoms with van der Waals surface area (Å²) >= 11 is 0. The van der Waals surface area contributed by atoms with Crippen LogP contribution in [0.15, 0.2) is 4.99 Å². The number of hydrogen-bond donors (Lipinski definition) is 2. The number of halogens is 1. The molecule has 0 unspecified atom stereocenters. The largest absolute Gasteiger partial charge is 0.356 e. The lowest BCUT2D eigenvalue weighted by molar-refractivity contribution is 0.549. The number of guanidine groups is 1. The maximum absolute atomic E-state index is 4.20. The molecule has 0 aliphatic rings. The van der Waals surface area contributed by atoms with Crippen LogP contribution in [0.25, 0.3) is 0 Å². The Morgan fingerprint density at radius 1 is 1.06 bits per heavy atom. The van der Waals surface area contributed by atoms with Gasteiger partial charge in [-0.3, -0.25) is 4.99 Å². The first kappa shape index (κ1) is 19.3. The summed E-state index contributed by atoms with van der Waals surface area (Å²) in [5.74, 6) is 1.74. The van der Waals surface area contributed by atoms with Crippen molar-refractivity contribution in [3.8, 4) is 0 Å². The van der Waals surface area contributed by atoms with Gasteiger partial charge in [0.2, 0.25) is 0 Å². The second kappa shape index (κ2) is 14.1. The summed E-state index contributed by atoms with van der Waals surface area (Å²) in [5.41, 5.74) is 0. The van der Waals surface area contributed by atoms with Crippen LogP contribution in [-0.4, -0.2) is 26.1 Å². The Kier molecular flexibility index (Phi) is 16.0. The predicted octanol–water partition coefficient (Wildman–Crippen LogP) is 3.40. The summed E-state index contributed by atoms with van der Waals surface area (Å²) in [7, 11) is 1.83. The van der Waals surface area contributed by atoms with Gasteiger partial charge in [0.05, 0.1) is 0 Å². The maximum Gasteiger partial charge on any atom is 0.190 e. The fraction of sp³-hybridized carbons (Fsp3) is 0.923. The SMILES string of the molecule is CCCCCNC(=NC)NCCCC(C)C.I. The van der Waals surface area contributed by atoms with E-state index in [9.17, 15) is 0 Å². The molecule has 0 aromatic carbocycles. The lowest BCUT2D eigenvalue weighted by Crippen LogP contribution is -2.38. The first-order chi connectivity index (χ1) is 7.70. The smallest absolute Gasteiger partial charge is 0.190 e. The van der Waals surface area contributed by atoms with Crippen molar-refractivity contribution in [2.45, 2.75) is 52.9 Å². The molecular formula is C13H30IN3. The van der Waals surface area contributed by atoms with Crippen molar-refractivity contribution < 1.29 is 0 Å². The lowest BCUT2D eigenvalue weighted by atomic mass is 10.1. The van der Waals surface area contributed by atoms with Crippen LogP contribution in [0.5, 0.6) is 0 Å². The van der Waals surface area contributed by atoms with Gasteiger partial charge in [0.15, 0.2) is 5.96 Å². The van der Waals surface area contributed by atoms with E-state index in [1.165, 1.54) is 32.1 Å². The lowest BCUT2D eigenvalue weighted by Gasteiger charge is -2.12. The van der Waals surface area contributed by atoms with Crippen molar-refractivity contribution in [2.75, 3.05) is 20.1 Å². The topological polar surface area (TPSA) is 36.4 Å². The molecule has 3 nitrogen and oxygen atoms in total. The minimum atomic E-state index is 0. The Labute approximate surface area is 124 Å². The monoisotopic (exact) mass is 355 g/mol. The standard InChI is InChI=1S/C13H29N3.HI/c1-5-6-7-10-15-13(14-4)16-11-8-9-12(2)3;/h12H,5-11H2,1-4H3,(H2,14,15,16);1H. The number of hydrogen-bond acceptors (Lipinski definition) is 1. The van der Waals surface area contributed by atoms with Gasteiger partial charge in [0.1, 0.15) is 0 Å². The maximum atomic E-state index is 4.20. The molecule has 0 heterocycles. The summed E-state index contributed by atoms with van der Waals surface area (Å²) in [6.45, 7) is 8.79. The van der Waals surface area contributed by atoms with Gasteiger partial charge < -0.3 is 10.6 Å². The first-order valence-corrected chi connectivity index (χ1v) is 6.65. The molecule has 0 saturated carbocycles. The predicted molar refractivity (Wildman–Crippen MR) is 88.4 cm³/mol. The van der Waals surface area contributed by atoms with Crippen LogP contribution >= 0.6 is 24.0 Å². The van der Waals surface area contributed by atoms with Gasteiger partial charge in [-0.25, -0.2) is 0 Å². The Balaban J connectivity index is 0. The molecule has 17 heavy (non-hydrogen) atoms. The van der Waals surface area contributed by atoms with Gasteiger partial charge in [0, 0.05) is 20.1 Å². The highest BCUT2D eigenvalue weighted by Crippen LogP contribution is 2.01. The molecule has 0 rings (SSSR count). The second-order valence-electron chi connectivity index (χ2n) is 4.67. The van der Waals surface area contributed by atoms with Crippen LogP contribution in [0.4, 0.5) is 0 Å². The number of rotatable bonds is 8. The zero-order chi connectivity index (χ0) is 12.2. The van der Waals surface area contributed by atoms with Crippen LogP contribution in [-0.2, 0) is 0 Å². The van der Waals surface area contributed by atoms with E-state index in [4.69, 9.17) is 0 Å². The van der Waals surface area contributed by atoms with E-state index in [1.807, 2.05) is 7.05 Å². The average molecular weight is 355 g/mol. The molecule has 0 radical (unpaired) electrons. The van der Waals surface area contributed by atoms with E-state index in [1.54, 1.807) is 0 Å². The Morgan fingerprint density at radius 3 is 2.12 bits per heavy atom. The molecular weight excluding hydrogens is 325 g/mol. The third kappa shape index (κ3) is 13.9. The molecule has 2 N–H and O–H groups in total. The highest BCUT2D eigenvalue weighted by atomic mass is 127. The van der Waals surface area contributed by atoms with Crippen LogP contribution in [0.1, 0.15) is 52.9 Å². The summed E-state index contributed by atoms with van der Waals surface area (Å²) in [4.78, 5) is 4.20. The second-order valence-corrected chi connectivity index (χ2v) is 4.67. The number of nitrogens with one attached hydrogen (secondary N) is 2. The molecule has 0 spiro atoms. The van der Waals surface area contributed by atoms with Crippen LogP contribution in [0, 0.1) is 5.92 Å². The van der Waals surface area contributed by atoms with Gasteiger partial charge in [-0.2, -0.15) is 0 Å². The average Bonchev–Trinajstić information content (AvgIpc) is 2.26. The molecule has 0 aromatic rings. The summed E-state index contributed by atoms with van der Waals surface area (Å²) < 4.78 is 0. The zero-order valence-corrected chi connectivity index (χ0v) is 14.2. The zero-order valence-electron chi connectivity index (χ0n) is 11.9. The van der Waals surface area contributed by atoms with Crippen molar-refractivity contribution in [1.29, 1.82) is 0 Å². The van der Waals surface area contributed by atoms with E-state index in [-0.39, 0.29) is 24.0 Å². The van der Waals surface area contributed by atoms with Gasteiger partial charge in [-0.1, -0.05) is 33.6 Å². The molecule has 0 aromatic heterocycles. The summed E-state index contributed by atoms with van der Waals surface area (Å²) in [5, 5.41) is 6.67. The minimum Gasteiger partial charge on any atom is -0.356 e. The van der Waals surface area contributed by atoms with Crippen molar-refractivity contribution >= 4 is 29.9 Å². The third-order valence-corrected chi connectivity index (χ3v) is 2.55. The van der Waals surface area contributed by atoms with Crippen molar-refractivity contribution in [3.63, 3.8) is 0 Å². The number of nitrogens with zero attached hydrogens (tertiary/aromatic N) is 1. The molecule has 104 valence electrons. The van der Waals surface area contributed by atoms with Gasteiger partial charge in [-0.15, -0.1) is 24.0 Å². The Hall–Kier alpha value is 0. The molecule has 0 atom stereocenters. The fourth-order valence-electron chi connectivity index (χ4n) is 1.52. The van der Waals surface area contributed by atoms with Crippen LogP contribution in [0.3, 0.4) is 0 Å². The van der Waals surface area contributed by atoms with Gasteiger partial charge >= 0.3 is 0 Å². The minimum absolute atomic E-state index is 0. The van der Waals surface area contributed by atoms with E-state index >= 15 is 0 Å². The van der Waals surface area contributed by atoms with E-state index in [0.717, 1.165) is 25.0 Å². The number of aliphatic imine (C=N–C) groups is 1. The molecule has 0 aliphatic carbocycles. The molecule has 0 amide bonds. The summed E-state index contributed by atoms with van der Waals surface area (Å²) in [6.07, 6.45) is 6.27. The highest BCUT2D eigenvalue weighted by Gasteiger charge is 1.97. The van der Waals surface area contributed by atoms with Gasteiger partial charge in [0.25, 0.3) is 0 Å². The van der Waals surface area contributed by atoms with Crippen molar-refractivity contribution in [3.05, 3.63) is 0 Å². The summed E-state index contributed by atoms with van der Waals surface area (Å²) in [6, 6.07) is 0. The Morgan fingerprint density at radius 2 is 1.65 bits per heavy atom. The van der Waals surface area contributed by atoms with Crippen LogP contribution in [0.2, 0.25) is 0 Å². The fourth-order valence-corrected chi connectivity index (χ4v) is 1.52. The molecule has 0 bridgehead atoms. The normalized spacial score (nSPS) is 11.2. The van der Waals surface area contributed by atoms with Crippen molar-refractivity contribution in [1.82, 2.24) is 10.6 Å². The molecule has 0 aliphatic heterocycles. The van der Waals surface area contributed by atoms with Crippen molar-refractivity contribution in [2.24, 2.45) is 10.9 Å². The van der Waals surface area contributed by atoms with Gasteiger partial charge in [-0.05, 0) is 25.2 Å². The molecule has 0 fully saturated rings. The van der Waals surface area contributed by atoms with Crippen LogP contribution < -0.4 is 10.6 Å². The van der Waals surface area contributed by atoms with E-state index in [2.05, 4.69) is 36.4 Å². The molecule has 4 heteroatoms. The van der Waals surface area contributed by atoms with E-state index < -0.39 is 0 Å². The van der Waals surface area contributed by atoms with E-state index in [0.29, 0.717) is 0 Å². The quantitative estimate of drug-likeness (QED) is 0.303. The Bertz CT molecular complexity index is 182. The number of unbranched alkanes of at least 4 members (excludes halogenated alkanes) is 2. The highest BCUT2D eigenvalue weighted by molar-refractivity contribution is 14.0.